The molecule has 1 atom stereocenters. The minimum Gasteiger partial charge on any atom is -0.462 e. The van der Waals surface area contributed by atoms with Crippen LogP contribution in [0.4, 0.5) is 10.8 Å². The molecule has 0 fully saturated rings. The predicted octanol–water partition coefficient (Wildman–Crippen LogP) is 4.39. The van der Waals surface area contributed by atoms with Gasteiger partial charge in [0.2, 0.25) is 5.76 Å². The van der Waals surface area contributed by atoms with Gasteiger partial charge in [-0.2, -0.15) is 0 Å². The van der Waals surface area contributed by atoms with Crippen LogP contribution in [0.25, 0.3) is 11.0 Å². The molecule has 176 valence electrons. The van der Waals surface area contributed by atoms with Crippen molar-refractivity contribution in [1.82, 2.24) is 4.98 Å². The molecular weight excluding hydrogens is 474 g/mol. The first-order valence-corrected chi connectivity index (χ1v) is 11.4. The SMILES string of the molecule is CCOC(=O)c1sc(N2C(=O)c3oc4ccccc4c(=O)c3[C@@H]2c2ccc([N+](=O)[O-])cc2)nc1C. The summed E-state index contributed by atoms with van der Waals surface area (Å²) in [5, 5.41) is 11.6. The maximum Gasteiger partial charge on any atom is 0.350 e. The quantitative estimate of drug-likeness (QED) is 0.228. The Morgan fingerprint density at radius 1 is 1.20 bits per heavy atom. The van der Waals surface area contributed by atoms with Crippen molar-refractivity contribution >= 4 is 45.0 Å². The molecule has 0 spiro atoms. The third-order valence-electron chi connectivity index (χ3n) is 5.65. The van der Waals surface area contributed by atoms with E-state index in [1.165, 1.54) is 29.2 Å². The predicted molar refractivity (Wildman–Crippen MR) is 127 cm³/mol. The van der Waals surface area contributed by atoms with E-state index in [9.17, 15) is 24.5 Å². The number of carbonyl (C=O) groups is 2. The van der Waals surface area contributed by atoms with E-state index >= 15 is 0 Å². The van der Waals surface area contributed by atoms with Crippen LogP contribution in [0.2, 0.25) is 0 Å². The van der Waals surface area contributed by atoms with Gasteiger partial charge in [0, 0.05) is 12.1 Å². The zero-order valence-electron chi connectivity index (χ0n) is 18.5. The number of benzene rings is 2. The molecule has 4 aromatic rings. The molecule has 11 heteroatoms. The van der Waals surface area contributed by atoms with E-state index in [0.29, 0.717) is 16.6 Å². The Hall–Kier alpha value is -4.38. The molecule has 0 unspecified atom stereocenters. The van der Waals surface area contributed by atoms with E-state index in [-0.39, 0.29) is 44.6 Å². The van der Waals surface area contributed by atoms with Crippen molar-refractivity contribution in [2.45, 2.75) is 19.9 Å². The number of nitro groups is 1. The fraction of sp³-hybridized carbons (Fsp3) is 0.167. The van der Waals surface area contributed by atoms with Crippen LogP contribution in [0.1, 0.15) is 50.0 Å². The number of thiazole rings is 1. The van der Waals surface area contributed by atoms with Gasteiger partial charge in [-0.05, 0) is 43.7 Å². The number of hydrogen-bond donors (Lipinski definition) is 0. The van der Waals surface area contributed by atoms with Crippen molar-refractivity contribution in [3.05, 3.63) is 96.3 Å². The Morgan fingerprint density at radius 3 is 2.60 bits per heavy atom. The molecular formula is C24H17N3O7S. The van der Waals surface area contributed by atoms with Gasteiger partial charge in [-0.3, -0.25) is 24.6 Å². The van der Waals surface area contributed by atoms with Crippen LogP contribution < -0.4 is 10.3 Å². The lowest BCUT2D eigenvalue weighted by molar-refractivity contribution is -0.384. The maximum absolute atomic E-state index is 13.6. The van der Waals surface area contributed by atoms with Crippen molar-refractivity contribution in [1.29, 1.82) is 0 Å². The number of fused-ring (bicyclic) bond motifs is 2. The molecule has 0 radical (unpaired) electrons. The van der Waals surface area contributed by atoms with Crippen LogP contribution in [0.5, 0.6) is 0 Å². The lowest BCUT2D eigenvalue weighted by Crippen LogP contribution is -2.29. The highest BCUT2D eigenvalue weighted by Crippen LogP contribution is 2.43. The average molecular weight is 491 g/mol. The van der Waals surface area contributed by atoms with Gasteiger partial charge >= 0.3 is 5.97 Å². The zero-order valence-corrected chi connectivity index (χ0v) is 19.3. The number of nitrogens with zero attached hydrogens (tertiary/aromatic N) is 3. The second kappa shape index (κ2) is 8.44. The Bertz CT molecular complexity index is 1570. The van der Waals surface area contributed by atoms with Crippen molar-refractivity contribution in [3.8, 4) is 0 Å². The fourth-order valence-electron chi connectivity index (χ4n) is 4.08. The van der Waals surface area contributed by atoms with E-state index in [1.54, 1.807) is 38.1 Å². The van der Waals surface area contributed by atoms with Crippen LogP contribution in [-0.4, -0.2) is 28.4 Å². The van der Waals surface area contributed by atoms with Gasteiger partial charge < -0.3 is 9.15 Å². The first-order chi connectivity index (χ1) is 16.8. The Morgan fingerprint density at radius 2 is 1.91 bits per heavy atom. The molecule has 2 aromatic carbocycles. The average Bonchev–Trinajstić information content (AvgIpc) is 3.37. The number of amides is 1. The van der Waals surface area contributed by atoms with Crippen LogP contribution in [0.15, 0.2) is 57.7 Å². The van der Waals surface area contributed by atoms with Crippen molar-refractivity contribution in [2.24, 2.45) is 0 Å². The van der Waals surface area contributed by atoms with Crippen LogP contribution in [0, 0.1) is 17.0 Å². The number of aromatic nitrogens is 1. The van der Waals surface area contributed by atoms with Crippen molar-refractivity contribution in [2.75, 3.05) is 11.5 Å². The second-order valence-corrected chi connectivity index (χ2v) is 8.71. The molecule has 0 saturated heterocycles. The molecule has 0 aliphatic carbocycles. The fourth-order valence-corrected chi connectivity index (χ4v) is 5.07. The zero-order chi connectivity index (χ0) is 24.9. The largest absolute Gasteiger partial charge is 0.462 e. The summed E-state index contributed by atoms with van der Waals surface area (Å²) in [6, 6.07) is 11.2. The normalized spacial score (nSPS) is 14.9. The molecule has 1 aliphatic heterocycles. The van der Waals surface area contributed by atoms with Crippen molar-refractivity contribution in [3.63, 3.8) is 0 Å². The van der Waals surface area contributed by atoms with Gasteiger partial charge in [0.1, 0.15) is 10.5 Å². The number of rotatable bonds is 5. The number of para-hydroxylation sites is 1. The molecule has 10 nitrogen and oxygen atoms in total. The minimum atomic E-state index is -0.959. The highest BCUT2D eigenvalue weighted by Gasteiger charge is 2.45. The van der Waals surface area contributed by atoms with Gasteiger partial charge in [-0.15, -0.1) is 0 Å². The smallest absolute Gasteiger partial charge is 0.350 e. The lowest BCUT2D eigenvalue weighted by atomic mass is 9.98. The van der Waals surface area contributed by atoms with Gasteiger partial charge in [0.05, 0.1) is 34.2 Å². The number of esters is 1. The van der Waals surface area contributed by atoms with Crippen LogP contribution >= 0.6 is 11.3 Å². The number of aryl methyl sites for hydroxylation is 1. The third kappa shape index (κ3) is 3.56. The summed E-state index contributed by atoms with van der Waals surface area (Å²) < 4.78 is 11.0. The van der Waals surface area contributed by atoms with Gasteiger partial charge in [-0.1, -0.05) is 23.5 Å². The molecule has 1 amide bonds. The van der Waals surface area contributed by atoms with Crippen molar-refractivity contribution < 1.29 is 23.7 Å². The minimum absolute atomic E-state index is 0.105. The second-order valence-electron chi connectivity index (χ2n) is 7.73. The molecule has 2 aromatic heterocycles. The summed E-state index contributed by atoms with van der Waals surface area (Å²) in [6.07, 6.45) is 0. The van der Waals surface area contributed by atoms with Gasteiger partial charge in [-0.25, -0.2) is 9.78 Å². The molecule has 1 aliphatic rings. The highest BCUT2D eigenvalue weighted by atomic mass is 32.1. The number of nitro benzene ring substituents is 1. The van der Waals surface area contributed by atoms with Gasteiger partial charge in [0.15, 0.2) is 10.6 Å². The number of non-ortho nitro benzene ring substituents is 1. The first-order valence-electron chi connectivity index (χ1n) is 10.6. The molecule has 0 bridgehead atoms. The highest BCUT2D eigenvalue weighted by molar-refractivity contribution is 7.17. The van der Waals surface area contributed by atoms with E-state index in [4.69, 9.17) is 9.15 Å². The monoisotopic (exact) mass is 491 g/mol. The van der Waals surface area contributed by atoms with E-state index in [2.05, 4.69) is 4.98 Å². The van der Waals surface area contributed by atoms with E-state index in [1.807, 2.05) is 0 Å². The summed E-state index contributed by atoms with van der Waals surface area (Å²) in [5.74, 6) is -1.30. The Labute approximate surface area is 201 Å². The number of carbonyl (C=O) groups excluding carboxylic acids is 2. The Balaban J connectivity index is 1.73. The van der Waals surface area contributed by atoms with Crippen LogP contribution in [0.3, 0.4) is 0 Å². The molecule has 3 heterocycles. The van der Waals surface area contributed by atoms with Gasteiger partial charge in [0.25, 0.3) is 11.6 Å². The number of hydrogen-bond acceptors (Lipinski definition) is 9. The summed E-state index contributed by atoms with van der Waals surface area (Å²) in [4.78, 5) is 56.1. The Kier molecular flexibility index (Phi) is 5.40. The lowest BCUT2D eigenvalue weighted by Gasteiger charge is -2.22. The summed E-state index contributed by atoms with van der Waals surface area (Å²) in [7, 11) is 0. The number of ether oxygens (including phenoxy) is 1. The third-order valence-corrected chi connectivity index (χ3v) is 6.79. The molecule has 0 N–H and O–H groups in total. The summed E-state index contributed by atoms with van der Waals surface area (Å²) in [6.45, 7) is 3.48. The van der Waals surface area contributed by atoms with E-state index in [0.717, 1.165) is 11.3 Å². The van der Waals surface area contributed by atoms with E-state index < -0.39 is 22.8 Å². The summed E-state index contributed by atoms with van der Waals surface area (Å²) in [5.41, 5.74) is 0.671. The molecule has 35 heavy (non-hydrogen) atoms. The maximum atomic E-state index is 13.6. The first kappa shape index (κ1) is 22.4. The summed E-state index contributed by atoms with van der Waals surface area (Å²) >= 11 is 0.963. The van der Waals surface area contributed by atoms with Crippen LogP contribution in [-0.2, 0) is 4.74 Å². The standard InChI is InChI=1S/C24H17N3O7S/c1-3-33-23(30)21-12(2)25-24(35-21)26-18(13-8-10-14(11-9-13)27(31)32)17-19(28)15-6-4-5-7-16(15)34-20(17)22(26)29/h4-11,18H,3H2,1-2H3/t18-/m0/s1. The molecule has 0 saturated carbocycles. The molecule has 5 rings (SSSR count). The number of anilines is 1. The topological polar surface area (TPSA) is 133 Å².